The van der Waals surface area contributed by atoms with Crippen LogP contribution in [0.3, 0.4) is 0 Å². The zero-order valence-electron chi connectivity index (χ0n) is 12.3. The molecule has 1 aromatic carbocycles. The lowest BCUT2D eigenvalue weighted by molar-refractivity contribution is -0.125. The molecule has 114 valence electrons. The SMILES string of the molecule is Cc1ccccc1N1CCN(CC(=O)NCC(N)=O)CC1. The molecule has 0 radical (unpaired) electrons. The van der Waals surface area contributed by atoms with E-state index in [9.17, 15) is 9.59 Å². The number of amides is 2. The lowest BCUT2D eigenvalue weighted by Crippen LogP contribution is -2.50. The second-order valence-electron chi connectivity index (χ2n) is 5.29. The number of nitrogens with one attached hydrogen (secondary N) is 1. The van der Waals surface area contributed by atoms with E-state index in [4.69, 9.17) is 5.73 Å². The van der Waals surface area contributed by atoms with E-state index >= 15 is 0 Å². The minimum Gasteiger partial charge on any atom is -0.369 e. The van der Waals surface area contributed by atoms with Crippen molar-refractivity contribution in [1.82, 2.24) is 10.2 Å². The van der Waals surface area contributed by atoms with Gasteiger partial charge in [-0.25, -0.2) is 0 Å². The third kappa shape index (κ3) is 4.46. The molecule has 0 bridgehead atoms. The van der Waals surface area contributed by atoms with Crippen LogP contribution in [-0.4, -0.2) is 56.0 Å². The van der Waals surface area contributed by atoms with Gasteiger partial charge >= 0.3 is 0 Å². The van der Waals surface area contributed by atoms with Crippen molar-refractivity contribution in [3.8, 4) is 0 Å². The molecule has 0 unspecified atom stereocenters. The van der Waals surface area contributed by atoms with Crippen LogP contribution in [0.25, 0.3) is 0 Å². The maximum Gasteiger partial charge on any atom is 0.236 e. The number of rotatable bonds is 5. The first-order valence-corrected chi connectivity index (χ1v) is 7.14. The number of primary amides is 1. The Kier molecular flexibility index (Phi) is 5.16. The third-order valence-electron chi connectivity index (χ3n) is 3.66. The highest BCUT2D eigenvalue weighted by Gasteiger charge is 2.19. The number of nitrogens with zero attached hydrogens (tertiary/aromatic N) is 2. The molecule has 0 saturated carbocycles. The molecule has 1 fully saturated rings. The fourth-order valence-corrected chi connectivity index (χ4v) is 2.51. The van der Waals surface area contributed by atoms with Crippen molar-refractivity contribution in [2.45, 2.75) is 6.92 Å². The summed E-state index contributed by atoms with van der Waals surface area (Å²) in [6, 6.07) is 8.33. The zero-order valence-corrected chi connectivity index (χ0v) is 12.3. The first kappa shape index (κ1) is 15.3. The summed E-state index contributed by atoms with van der Waals surface area (Å²) in [5.74, 6) is -0.675. The van der Waals surface area contributed by atoms with E-state index in [1.165, 1.54) is 11.3 Å². The fraction of sp³-hybridized carbons (Fsp3) is 0.467. The van der Waals surface area contributed by atoms with Crippen LogP contribution >= 0.6 is 0 Å². The summed E-state index contributed by atoms with van der Waals surface area (Å²) < 4.78 is 0. The normalized spacial score (nSPS) is 15.8. The predicted molar refractivity (Wildman–Crippen MR) is 82.0 cm³/mol. The highest BCUT2D eigenvalue weighted by molar-refractivity contribution is 5.84. The van der Waals surface area contributed by atoms with Crippen molar-refractivity contribution < 1.29 is 9.59 Å². The average Bonchev–Trinajstić information content (AvgIpc) is 2.47. The second-order valence-corrected chi connectivity index (χ2v) is 5.29. The maximum absolute atomic E-state index is 11.6. The molecule has 1 saturated heterocycles. The first-order chi connectivity index (χ1) is 10.1. The zero-order chi connectivity index (χ0) is 15.2. The van der Waals surface area contributed by atoms with E-state index in [2.05, 4.69) is 34.2 Å². The fourth-order valence-electron chi connectivity index (χ4n) is 2.51. The van der Waals surface area contributed by atoms with Gasteiger partial charge in [-0.3, -0.25) is 14.5 Å². The number of benzene rings is 1. The molecule has 1 aliphatic rings. The van der Waals surface area contributed by atoms with Gasteiger partial charge in [0.25, 0.3) is 0 Å². The molecule has 21 heavy (non-hydrogen) atoms. The van der Waals surface area contributed by atoms with Crippen LogP contribution in [0.2, 0.25) is 0 Å². The average molecular weight is 290 g/mol. The Labute approximate surface area is 124 Å². The van der Waals surface area contributed by atoms with Gasteiger partial charge in [-0.15, -0.1) is 0 Å². The number of carbonyl (C=O) groups is 2. The van der Waals surface area contributed by atoms with E-state index in [1.54, 1.807) is 0 Å². The number of hydrogen-bond donors (Lipinski definition) is 2. The molecule has 1 aliphatic heterocycles. The van der Waals surface area contributed by atoms with Gasteiger partial charge in [-0.1, -0.05) is 18.2 Å². The highest BCUT2D eigenvalue weighted by atomic mass is 16.2. The van der Waals surface area contributed by atoms with E-state index in [0.29, 0.717) is 6.54 Å². The Morgan fingerprint density at radius 2 is 1.86 bits per heavy atom. The van der Waals surface area contributed by atoms with Gasteiger partial charge in [0, 0.05) is 31.9 Å². The van der Waals surface area contributed by atoms with Crippen LogP contribution in [0.4, 0.5) is 5.69 Å². The molecule has 1 aromatic rings. The van der Waals surface area contributed by atoms with Gasteiger partial charge in [-0.2, -0.15) is 0 Å². The lowest BCUT2D eigenvalue weighted by Gasteiger charge is -2.36. The van der Waals surface area contributed by atoms with Crippen molar-refractivity contribution in [3.63, 3.8) is 0 Å². The highest BCUT2D eigenvalue weighted by Crippen LogP contribution is 2.20. The molecule has 0 spiro atoms. The van der Waals surface area contributed by atoms with Crippen LogP contribution in [0.15, 0.2) is 24.3 Å². The van der Waals surface area contributed by atoms with Crippen LogP contribution in [0.5, 0.6) is 0 Å². The summed E-state index contributed by atoms with van der Waals surface area (Å²) in [7, 11) is 0. The summed E-state index contributed by atoms with van der Waals surface area (Å²) in [6.07, 6.45) is 0. The molecule has 2 rings (SSSR count). The second kappa shape index (κ2) is 7.08. The van der Waals surface area contributed by atoms with E-state index in [1.807, 2.05) is 12.1 Å². The van der Waals surface area contributed by atoms with Gasteiger partial charge in [0.15, 0.2) is 0 Å². The molecule has 1 heterocycles. The number of aryl methyl sites for hydroxylation is 1. The van der Waals surface area contributed by atoms with Crippen molar-refractivity contribution in [1.29, 1.82) is 0 Å². The summed E-state index contributed by atoms with van der Waals surface area (Å²) in [4.78, 5) is 26.7. The maximum atomic E-state index is 11.6. The molecule has 0 atom stereocenters. The Balaban J connectivity index is 1.79. The first-order valence-electron chi connectivity index (χ1n) is 7.14. The van der Waals surface area contributed by atoms with Crippen molar-refractivity contribution in [2.24, 2.45) is 5.73 Å². The summed E-state index contributed by atoms with van der Waals surface area (Å²) in [5, 5.41) is 2.51. The van der Waals surface area contributed by atoms with Gasteiger partial charge in [-0.05, 0) is 18.6 Å². The van der Waals surface area contributed by atoms with Gasteiger partial charge in [0.2, 0.25) is 11.8 Å². The van der Waals surface area contributed by atoms with E-state index in [0.717, 1.165) is 26.2 Å². The molecule has 0 aromatic heterocycles. The quantitative estimate of drug-likeness (QED) is 0.782. The number of para-hydroxylation sites is 1. The molecule has 3 N–H and O–H groups in total. The number of anilines is 1. The van der Waals surface area contributed by atoms with E-state index < -0.39 is 5.91 Å². The Morgan fingerprint density at radius 3 is 2.48 bits per heavy atom. The molecule has 0 aliphatic carbocycles. The van der Waals surface area contributed by atoms with Crippen molar-refractivity contribution in [2.75, 3.05) is 44.2 Å². The topological polar surface area (TPSA) is 78.7 Å². The standard InChI is InChI=1S/C15H22N4O2/c1-12-4-2-3-5-13(12)19-8-6-18(7-9-19)11-15(21)17-10-14(16)20/h2-5H,6-11H2,1H3,(H2,16,20)(H,17,21). The number of carbonyl (C=O) groups excluding carboxylic acids is 2. The molecular weight excluding hydrogens is 268 g/mol. The van der Waals surface area contributed by atoms with Crippen LogP contribution in [0.1, 0.15) is 5.56 Å². The largest absolute Gasteiger partial charge is 0.369 e. The minimum absolute atomic E-state index is 0.0952. The predicted octanol–water partition coefficient (Wildman–Crippen LogP) is -0.281. The Hall–Kier alpha value is -2.08. The van der Waals surface area contributed by atoms with Crippen LogP contribution in [-0.2, 0) is 9.59 Å². The number of nitrogens with two attached hydrogens (primary N) is 1. The lowest BCUT2D eigenvalue weighted by atomic mass is 10.1. The summed E-state index contributed by atoms with van der Waals surface area (Å²) in [6.45, 7) is 5.79. The van der Waals surface area contributed by atoms with Gasteiger partial charge in [0.1, 0.15) is 0 Å². The van der Waals surface area contributed by atoms with Gasteiger partial charge < -0.3 is 16.0 Å². The summed E-state index contributed by atoms with van der Waals surface area (Å²) in [5.41, 5.74) is 7.52. The Bertz CT molecular complexity index is 510. The summed E-state index contributed by atoms with van der Waals surface area (Å²) >= 11 is 0. The molecule has 2 amide bonds. The van der Waals surface area contributed by atoms with Crippen molar-refractivity contribution >= 4 is 17.5 Å². The van der Waals surface area contributed by atoms with Crippen LogP contribution < -0.4 is 16.0 Å². The molecular formula is C15H22N4O2. The third-order valence-corrected chi connectivity index (χ3v) is 3.66. The smallest absolute Gasteiger partial charge is 0.236 e. The van der Waals surface area contributed by atoms with Crippen molar-refractivity contribution in [3.05, 3.63) is 29.8 Å². The number of piperazine rings is 1. The monoisotopic (exact) mass is 290 g/mol. The van der Waals surface area contributed by atoms with Crippen LogP contribution in [0, 0.1) is 6.92 Å². The number of hydrogen-bond acceptors (Lipinski definition) is 4. The molecule has 6 heteroatoms. The molecule has 6 nitrogen and oxygen atoms in total. The van der Waals surface area contributed by atoms with E-state index in [-0.39, 0.29) is 12.5 Å². The van der Waals surface area contributed by atoms with Gasteiger partial charge in [0.05, 0.1) is 13.1 Å². The minimum atomic E-state index is -0.521. The Morgan fingerprint density at radius 1 is 1.19 bits per heavy atom.